The van der Waals surface area contributed by atoms with E-state index in [-0.39, 0.29) is 0 Å². The second kappa shape index (κ2) is 4.84. The van der Waals surface area contributed by atoms with Crippen molar-refractivity contribution >= 4 is 0 Å². The topological polar surface area (TPSA) is 43.7 Å². The van der Waals surface area contributed by atoms with Gasteiger partial charge in [0.15, 0.2) is 0 Å². The second-order valence-corrected chi connectivity index (χ2v) is 5.24. The van der Waals surface area contributed by atoms with Crippen LogP contribution in [0.4, 0.5) is 0 Å². The molecule has 0 amide bonds. The van der Waals surface area contributed by atoms with E-state index < -0.39 is 11.2 Å². The fraction of sp³-hybridized carbons (Fsp3) is 0.467. The van der Waals surface area contributed by atoms with Crippen LogP contribution in [0.1, 0.15) is 18.4 Å². The predicted octanol–water partition coefficient (Wildman–Crippen LogP) is 1.52. The van der Waals surface area contributed by atoms with Gasteiger partial charge in [0.25, 0.3) is 0 Å². The van der Waals surface area contributed by atoms with E-state index in [2.05, 4.69) is 6.58 Å². The summed E-state index contributed by atoms with van der Waals surface area (Å²) in [7, 11) is 1.96. The highest BCUT2D eigenvalue weighted by atomic mass is 16.4. The monoisotopic (exact) mass is 247 g/mol. The minimum Gasteiger partial charge on any atom is -0.385 e. The molecule has 3 nitrogen and oxygen atoms in total. The Hall–Kier alpha value is -1.16. The van der Waals surface area contributed by atoms with Gasteiger partial charge in [0, 0.05) is 13.1 Å². The number of nitrogens with zero attached hydrogens (tertiary/aromatic N) is 1. The molecular formula is C15H21NO2. The molecule has 1 aromatic carbocycles. The minimum atomic E-state index is -1.20. The van der Waals surface area contributed by atoms with Gasteiger partial charge in [-0.3, -0.25) is 0 Å². The van der Waals surface area contributed by atoms with Crippen LogP contribution in [0.2, 0.25) is 0 Å². The molecule has 0 aromatic heterocycles. The van der Waals surface area contributed by atoms with Gasteiger partial charge in [-0.15, -0.1) is 6.58 Å². The van der Waals surface area contributed by atoms with Crippen molar-refractivity contribution in [3.05, 3.63) is 48.6 Å². The van der Waals surface area contributed by atoms with E-state index in [4.69, 9.17) is 0 Å². The maximum atomic E-state index is 11.0. The molecule has 2 N–H and O–H groups in total. The van der Waals surface area contributed by atoms with Crippen LogP contribution in [0.3, 0.4) is 0 Å². The van der Waals surface area contributed by atoms with Crippen molar-refractivity contribution in [2.24, 2.45) is 0 Å². The molecule has 18 heavy (non-hydrogen) atoms. The summed E-state index contributed by atoms with van der Waals surface area (Å²) in [4.78, 5) is 2.04. The van der Waals surface area contributed by atoms with Gasteiger partial charge in [-0.25, -0.2) is 0 Å². The smallest absolute Gasteiger partial charge is 0.121 e. The molecule has 2 atom stereocenters. The third-order valence-corrected chi connectivity index (χ3v) is 3.89. The Morgan fingerprint density at radius 3 is 2.61 bits per heavy atom. The summed E-state index contributed by atoms with van der Waals surface area (Å²) in [5, 5.41) is 21.8. The van der Waals surface area contributed by atoms with Gasteiger partial charge in [0.05, 0.1) is 0 Å². The first kappa shape index (κ1) is 13.3. The average Bonchev–Trinajstić information content (AvgIpc) is 2.36. The number of likely N-dealkylation sites (tertiary alicyclic amines) is 1. The number of β-amino-alcohol motifs (C(OH)–C–C–N with tert-alkyl or cyclic N) is 1. The van der Waals surface area contributed by atoms with Gasteiger partial charge in [0.1, 0.15) is 11.2 Å². The maximum absolute atomic E-state index is 11.0. The average molecular weight is 247 g/mol. The summed E-state index contributed by atoms with van der Waals surface area (Å²) < 4.78 is 0. The van der Waals surface area contributed by atoms with E-state index in [0.29, 0.717) is 19.4 Å². The zero-order valence-corrected chi connectivity index (χ0v) is 10.8. The number of rotatable bonds is 3. The van der Waals surface area contributed by atoms with Gasteiger partial charge >= 0.3 is 0 Å². The Labute approximate surface area is 108 Å². The second-order valence-electron chi connectivity index (χ2n) is 5.24. The van der Waals surface area contributed by atoms with Crippen LogP contribution in [0.15, 0.2) is 43.0 Å². The number of hydrogen-bond donors (Lipinski definition) is 2. The Balaban J connectivity index is 2.42. The summed E-state index contributed by atoms with van der Waals surface area (Å²) in [6.45, 7) is 4.91. The lowest BCUT2D eigenvalue weighted by Gasteiger charge is -2.50. The molecule has 1 heterocycles. The van der Waals surface area contributed by atoms with E-state index in [1.54, 1.807) is 6.08 Å². The van der Waals surface area contributed by atoms with Crippen molar-refractivity contribution in [3.8, 4) is 0 Å². The Bertz CT molecular complexity index is 420. The first-order chi connectivity index (χ1) is 8.52. The molecule has 0 radical (unpaired) electrons. The molecule has 0 spiro atoms. The zero-order valence-electron chi connectivity index (χ0n) is 10.8. The lowest BCUT2D eigenvalue weighted by atomic mass is 9.71. The number of likely N-dealkylation sites (N-methyl/N-ethyl adjacent to an activating group) is 1. The van der Waals surface area contributed by atoms with Gasteiger partial charge in [0.2, 0.25) is 0 Å². The lowest BCUT2D eigenvalue weighted by Crippen LogP contribution is -2.62. The highest BCUT2D eigenvalue weighted by molar-refractivity contribution is 5.28. The largest absolute Gasteiger partial charge is 0.385 e. The molecule has 3 heteroatoms. The van der Waals surface area contributed by atoms with E-state index in [9.17, 15) is 10.2 Å². The highest BCUT2D eigenvalue weighted by Gasteiger charge is 2.52. The van der Waals surface area contributed by atoms with Crippen LogP contribution >= 0.6 is 0 Å². The van der Waals surface area contributed by atoms with Crippen LogP contribution in [-0.2, 0) is 5.60 Å². The maximum Gasteiger partial charge on any atom is 0.121 e. The Morgan fingerprint density at radius 1 is 1.33 bits per heavy atom. The zero-order chi connectivity index (χ0) is 13.2. The van der Waals surface area contributed by atoms with Gasteiger partial charge in [-0.1, -0.05) is 36.4 Å². The molecule has 2 unspecified atom stereocenters. The van der Waals surface area contributed by atoms with Crippen LogP contribution < -0.4 is 0 Å². The summed E-state index contributed by atoms with van der Waals surface area (Å²) >= 11 is 0. The van der Waals surface area contributed by atoms with Gasteiger partial charge in [-0.05, 0) is 25.5 Å². The fourth-order valence-corrected chi connectivity index (χ4v) is 2.84. The summed E-state index contributed by atoms with van der Waals surface area (Å²) in [6, 6.07) is 9.44. The van der Waals surface area contributed by atoms with Crippen molar-refractivity contribution in [3.63, 3.8) is 0 Å². The lowest BCUT2D eigenvalue weighted by molar-refractivity contribution is -0.191. The standard InChI is InChI=1S/C15H21NO2/c1-3-9-14(17)12-16(2)11-10-15(14,18)13-7-5-4-6-8-13/h3-8,17-18H,1,9-12H2,2H3. The first-order valence-corrected chi connectivity index (χ1v) is 6.31. The quantitative estimate of drug-likeness (QED) is 0.796. The van der Waals surface area contributed by atoms with Gasteiger partial charge < -0.3 is 15.1 Å². The van der Waals surface area contributed by atoms with Crippen molar-refractivity contribution in [2.45, 2.75) is 24.0 Å². The van der Waals surface area contributed by atoms with Gasteiger partial charge in [-0.2, -0.15) is 0 Å². The fourth-order valence-electron chi connectivity index (χ4n) is 2.84. The van der Waals surface area contributed by atoms with Crippen molar-refractivity contribution in [2.75, 3.05) is 20.1 Å². The predicted molar refractivity (Wildman–Crippen MR) is 72.2 cm³/mol. The molecule has 0 bridgehead atoms. The molecular weight excluding hydrogens is 226 g/mol. The van der Waals surface area contributed by atoms with E-state index in [1.807, 2.05) is 42.3 Å². The SMILES string of the molecule is C=CCC1(O)CN(C)CCC1(O)c1ccccc1. The molecule has 98 valence electrons. The number of hydrogen-bond acceptors (Lipinski definition) is 3. The number of aliphatic hydroxyl groups is 2. The Kier molecular flexibility index (Phi) is 3.57. The van der Waals surface area contributed by atoms with E-state index >= 15 is 0 Å². The third-order valence-electron chi connectivity index (χ3n) is 3.89. The highest BCUT2D eigenvalue weighted by Crippen LogP contribution is 2.42. The molecule has 2 rings (SSSR count). The van der Waals surface area contributed by atoms with E-state index in [1.165, 1.54) is 0 Å². The molecule has 1 aliphatic rings. The molecule has 0 aliphatic carbocycles. The summed E-state index contributed by atoms with van der Waals surface area (Å²) in [5.74, 6) is 0. The van der Waals surface area contributed by atoms with Crippen LogP contribution in [0.5, 0.6) is 0 Å². The van der Waals surface area contributed by atoms with Crippen LogP contribution in [0.25, 0.3) is 0 Å². The minimum absolute atomic E-state index is 0.378. The normalized spacial score (nSPS) is 33.3. The molecule has 1 aliphatic heterocycles. The van der Waals surface area contributed by atoms with Crippen LogP contribution in [0, 0.1) is 0 Å². The van der Waals surface area contributed by atoms with Crippen molar-refractivity contribution in [1.82, 2.24) is 4.90 Å². The first-order valence-electron chi connectivity index (χ1n) is 6.31. The molecule has 1 aromatic rings. The summed E-state index contributed by atoms with van der Waals surface area (Å²) in [5.41, 5.74) is -1.60. The number of piperidine rings is 1. The van der Waals surface area contributed by atoms with E-state index in [0.717, 1.165) is 12.1 Å². The number of benzene rings is 1. The molecule has 1 fully saturated rings. The molecule has 0 saturated carbocycles. The molecule has 1 saturated heterocycles. The van der Waals surface area contributed by atoms with Crippen molar-refractivity contribution in [1.29, 1.82) is 0 Å². The third kappa shape index (κ3) is 2.09. The Morgan fingerprint density at radius 2 is 2.00 bits per heavy atom. The van der Waals surface area contributed by atoms with Crippen molar-refractivity contribution < 1.29 is 10.2 Å². The van der Waals surface area contributed by atoms with Crippen LogP contribution in [-0.4, -0.2) is 40.9 Å². The summed E-state index contributed by atoms with van der Waals surface area (Å²) in [6.07, 6.45) is 2.58.